The molecule has 0 saturated carbocycles. The Bertz CT molecular complexity index is 564. The quantitative estimate of drug-likeness (QED) is 0.838. The number of aromatic hydroxyl groups is 1. The fraction of sp³-hybridized carbons (Fsp3) is 0.133. The van der Waals surface area contributed by atoms with E-state index in [1.54, 1.807) is 0 Å². The van der Waals surface area contributed by atoms with Gasteiger partial charge in [0.15, 0.2) is 17.8 Å². The molecule has 0 aliphatic carbocycles. The molecule has 2 aromatic rings. The van der Waals surface area contributed by atoms with Gasteiger partial charge in [0.25, 0.3) is 0 Å². The Morgan fingerprint density at radius 1 is 1.16 bits per heavy atom. The number of carbonyl (C=O) groups excluding carboxylic acids is 1. The van der Waals surface area contributed by atoms with E-state index in [0.717, 1.165) is 5.56 Å². The first-order valence-corrected chi connectivity index (χ1v) is 5.77. The van der Waals surface area contributed by atoms with Gasteiger partial charge < -0.3 is 14.6 Å². The van der Waals surface area contributed by atoms with Gasteiger partial charge in [-0.3, -0.25) is 4.79 Å². The summed E-state index contributed by atoms with van der Waals surface area (Å²) in [6.45, 7) is 0.361. The fourth-order valence-corrected chi connectivity index (χ4v) is 1.67. The van der Waals surface area contributed by atoms with Crippen molar-refractivity contribution in [3.05, 3.63) is 53.6 Å². The molecule has 0 atom stereocenters. The van der Waals surface area contributed by atoms with Crippen molar-refractivity contribution in [1.82, 2.24) is 0 Å². The average Bonchev–Trinajstić information content (AvgIpc) is 2.46. The van der Waals surface area contributed by atoms with E-state index in [1.807, 2.05) is 30.3 Å². The Hall–Kier alpha value is -2.49. The molecule has 0 aliphatic rings. The molecule has 0 bridgehead atoms. The Balaban J connectivity index is 2.21. The molecular formula is C15H14O4. The summed E-state index contributed by atoms with van der Waals surface area (Å²) in [6.07, 6.45) is 0.574. The highest BCUT2D eigenvalue weighted by molar-refractivity contribution is 5.81. The lowest BCUT2D eigenvalue weighted by atomic mass is 10.2. The number of ether oxygens (including phenoxy) is 2. The van der Waals surface area contributed by atoms with E-state index in [9.17, 15) is 9.90 Å². The molecule has 4 nitrogen and oxygen atoms in total. The lowest BCUT2D eigenvalue weighted by molar-refractivity contribution is 0.112. The molecular weight excluding hydrogens is 244 g/mol. The molecule has 0 spiro atoms. The van der Waals surface area contributed by atoms with Crippen LogP contribution in [0.4, 0.5) is 0 Å². The first kappa shape index (κ1) is 13.0. The summed E-state index contributed by atoms with van der Waals surface area (Å²) in [5.74, 6) is 0.684. The molecule has 0 unspecified atom stereocenters. The van der Waals surface area contributed by atoms with Crippen molar-refractivity contribution in [3.63, 3.8) is 0 Å². The van der Waals surface area contributed by atoms with Crippen molar-refractivity contribution in [2.24, 2.45) is 0 Å². The summed E-state index contributed by atoms with van der Waals surface area (Å²) in [5, 5.41) is 9.57. The number of phenols is 1. The SMILES string of the molecule is COc1cc(O)c(C=O)cc1OCc1ccccc1. The van der Waals surface area contributed by atoms with Gasteiger partial charge in [0.1, 0.15) is 12.4 Å². The number of carbonyl (C=O) groups is 1. The highest BCUT2D eigenvalue weighted by Crippen LogP contribution is 2.33. The Morgan fingerprint density at radius 3 is 2.53 bits per heavy atom. The summed E-state index contributed by atoms with van der Waals surface area (Å²) < 4.78 is 10.7. The minimum absolute atomic E-state index is 0.126. The maximum atomic E-state index is 10.8. The fourth-order valence-electron chi connectivity index (χ4n) is 1.67. The van der Waals surface area contributed by atoms with Gasteiger partial charge >= 0.3 is 0 Å². The van der Waals surface area contributed by atoms with Gasteiger partial charge in [0.05, 0.1) is 12.7 Å². The Labute approximate surface area is 111 Å². The summed E-state index contributed by atoms with van der Waals surface area (Å²) in [5.41, 5.74) is 1.18. The monoisotopic (exact) mass is 258 g/mol. The molecule has 1 N–H and O–H groups in total. The van der Waals surface area contributed by atoms with Crippen LogP contribution in [-0.4, -0.2) is 18.5 Å². The van der Waals surface area contributed by atoms with Gasteiger partial charge in [-0.1, -0.05) is 30.3 Å². The van der Waals surface area contributed by atoms with Crippen LogP contribution in [0.2, 0.25) is 0 Å². The number of aldehydes is 1. The molecule has 0 heterocycles. The zero-order chi connectivity index (χ0) is 13.7. The predicted molar refractivity (Wildman–Crippen MR) is 70.8 cm³/mol. The standard InChI is InChI=1S/C15H14O4/c1-18-14-8-13(17)12(9-16)7-15(14)19-10-11-5-3-2-4-6-11/h2-9,17H,10H2,1H3. The molecule has 98 valence electrons. The summed E-state index contributed by atoms with van der Waals surface area (Å²) in [7, 11) is 1.48. The van der Waals surface area contributed by atoms with Gasteiger partial charge in [0, 0.05) is 6.07 Å². The molecule has 4 heteroatoms. The van der Waals surface area contributed by atoms with Crippen molar-refractivity contribution >= 4 is 6.29 Å². The number of methoxy groups -OCH3 is 1. The van der Waals surface area contributed by atoms with Crippen LogP contribution in [0.15, 0.2) is 42.5 Å². The normalized spacial score (nSPS) is 9.95. The van der Waals surface area contributed by atoms with Crippen molar-refractivity contribution in [2.45, 2.75) is 6.61 Å². The second-order valence-electron chi connectivity index (χ2n) is 3.95. The summed E-state index contributed by atoms with van der Waals surface area (Å²) in [4.78, 5) is 10.8. The van der Waals surface area contributed by atoms with E-state index < -0.39 is 0 Å². The van der Waals surface area contributed by atoms with Crippen LogP contribution >= 0.6 is 0 Å². The van der Waals surface area contributed by atoms with Crippen LogP contribution in [0.5, 0.6) is 17.2 Å². The average molecular weight is 258 g/mol. The lowest BCUT2D eigenvalue weighted by Gasteiger charge is -2.12. The zero-order valence-corrected chi connectivity index (χ0v) is 10.5. The van der Waals surface area contributed by atoms with Crippen LogP contribution in [0.1, 0.15) is 15.9 Å². The third-order valence-electron chi connectivity index (χ3n) is 2.68. The van der Waals surface area contributed by atoms with Gasteiger partial charge in [0.2, 0.25) is 0 Å². The largest absolute Gasteiger partial charge is 0.507 e. The molecule has 0 radical (unpaired) electrons. The van der Waals surface area contributed by atoms with Gasteiger partial charge in [-0.15, -0.1) is 0 Å². The maximum Gasteiger partial charge on any atom is 0.164 e. The van der Waals surface area contributed by atoms with Gasteiger partial charge in [-0.25, -0.2) is 0 Å². The van der Waals surface area contributed by atoms with Crippen LogP contribution in [0, 0.1) is 0 Å². The first-order valence-electron chi connectivity index (χ1n) is 5.77. The predicted octanol–water partition coefficient (Wildman–Crippen LogP) is 2.79. The van der Waals surface area contributed by atoms with E-state index in [0.29, 0.717) is 24.4 Å². The third kappa shape index (κ3) is 3.04. The maximum absolute atomic E-state index is 10.8. The third-order valence-corrected chi connectivity index (χ3v) is 2.68. The second kappa shape index (κ2) is 5.91. The first-order chi connectivity index (χ1) is 9.24. The molecule has 0 saturated heterocycles. The van der Waals surface area contributed by atoms with E-state index in [2.05, 4.69) is 0 Å². The molecule has 0 aromatic heterocycles. The number of hydrogen-bond acceptors (Lipinski definition) is 4. The Morgan fingerprint density at radius 2 is 1.89 bits per heavy atom. The molecule has 2 aromatic carbocycles. The van der Waals surface area contributed by atoms with E-state index in [-0.39, 0.29) is 11.3 Å². The molecule has 19 heavy (non-hydrogen) atoms. The van der Waals surface area contributed by atoms with Crippen molar-refractivity contribution < 1.29 is 19.4 Å². The molecule has 0 fully saturated rings. The number of hydrogen-bond donors (Lipinski definition) is 1. The van der Waals surface area contributed by atoms with Crippen molar-refractivity contribution in [1.29, 1.82) is 0 Å². The minimum Gasteiger partial charge on any atom is -0.507 e. The number of benzene rings is 2. The molecule has 0 amide bonds. The lowest BCUT2D eigenvalue weighted by Crippen LogP contribution is -1.98. The second-order valence-corrected chi connectivity index (χ2v) is 3.95. The zero-order valence-electron chi connectivity index (χ0n) is 10.5. The smallest absolute Gasteiger partial charge is 0.164 e. The van der Waals surface area contributed by atoms with Crippen LogP contribution in [0.3, 0.4) is 0 Å². The van der Waals surface area contributed by atoms with E-state index in [4.69, 9.17) is 9.47 Å². The van der Waals surface area contributed by atoms with Crippen molar-refractivity contribution in [3.8, 4) is 17.2 Å². The minimum atomic E-state index is -0.126. The Kier molecular flexibility index (Phi) is 4.03. The molecule has 0 aliphatic heterocycles. The van der Waals surface area contributed by atoms with Crippen molar-refractivity contribution in [2.75, 3.05) is 7.11 Å². The number of phenolic OH excluding ortho intramolecular Hbond substituents is 1. The molecule has 2 rings (SSSR count). The summed E-state index contributed by atoms with van der Waals surface area (Å²) >= 11 is 0. The summed E-state index contributed by atoms with van der Waals surface area (Å²) in [6, 6.07) is 12.5. The van der Waals surface area contributed by atoms with E-state index in [1.165, 1.54) is 19.2 Å². The van der Waals surface area contributed by atoms with Gasteiger partial charge in [-0.2, -0.15) is 0 Å². The van der Waals surface area contributed by atoms with E-state index >= 15 is 0 Å². The van der Waals surface area contributed by atoms with Crippen LogP contribution in [0.25, 0.3) is 0 Å². The van der Waals surface area contributed by atoms with Crippen LogP contribution < -0.4 is 9.47 Å². The van der Waals surface area contributed by atoms with Gasteiger partial charge in [-0.05, 0) is 11.6 Å². The topological polar surface area (TPSA) is 55.8 Å². The highest BCUT2D eigenvalue weighted by Gasteiger charge is 2.10. The number of rotatable bonds is 5. The highest BCUT2D eigenvalue weighted by atomic mass is 16.5. The van der Waals surface area contributed by atoms with Crippen LogP contribution in [-0.2, 0) is 6.61 Å².